The summed E-state index contributed by atoms with van der Waals surface area (Å²) in [5, 5.41) is 5.61. The summed E-state index contributed by atoms with van der Waals surface area (Å²) < 4.78 is 0. The number of rotatable bonds is 7. The molecule has 1 fully saturated rings. The number of likely N-dealkylation sites (tertiary alicyclic amines) is 1. The van der Waals surface area contributed by atoms with Crippen LogP contribution in [0.4, 0.5) is 5.69 Å². The van der Waals surface area contributed by atoms with Gasteiger partial charge in [-0.05, 0) is 50.0 Å². The van der Waals surface area contributed by atoms with E-state index in [1.165, 1.54) is 38.4 Å². The summed E-state index contributed by atoms with van der Waals surface area (Å²) in [6, 6.07) is 8.05. The van der Waals surface area contributed by atoms with Crippen LogP contribution in [0.1, 0.15) is 38.2 Å². The lowest BCUT2D eigenvalue weighted by molar-refractivity contribution is -0.119. The molecule has 0 radical (unpaired) electrons. The van der Waals surface area contributed by atoms with Gasteiger partial charge in [-0.2, -0.15) is 0 Å². The van der Waals surface area contributed by atoms with Gasteiger partial charge in [-0.15, -0.1) is 0 Å². The van der Waals surface area contributed by atoms with Gasteiger partial charge in [0.15, 0.2) is 0 Å². The minimum atomic E-state index is -0.0602. The van der Waals surface area contributed by atoms with E-state index in [0.717, 1.165) is 12.2 Å². The standard InChI is InChI=1S/C17H25N3O2/c1-14(21)18-9-5-8-17(22)19-16-7-4-6-15(12-16)13-20-10-2-3-11-20/h4,6-7,12H,2-3,5,8-11,13H2,1H3,(H,18,21)(H,19,22). The molecule has 0 bridgehead atoms. The number of nitrogens with one attached hydrogen (secondary N) is 2. The first-order valence-corrected chi connectivity index (χ1v) is 7.99. The molecule has 1 aliphatic heterocycles. The maximum Gasteiger partial charge on any atom is 0.224 e. The van der Waals surface area contributed by atoms with E-state index in [2.05, 4.69) is 21.6 Å². The van der Waals surface area contributed by atoms with Crippen LogP contribution in [0.25, 0.3) is 0 Å². The summed E-state index contributed by atoms with van der Waals surface area (Å²) >= 11 is 0. The second kappa shape index (κ2) is 8.54. The van der Waals surface area contributed by atoms with Gasteiger partial charge >= 0.3 is 0 Å². The van der Waals surface area contributed by atoms with Crippen LogP contribution in [-0.4, -0.2) is 36.3 Å². The van der Waals surface area contributed by atoms with E-state index in [1.54, 1.807) is 0 Å². The van der Waals surface area contributed by atoms with E-state index < -0.39 is 0 Å². The van der Waals surface area contributed by atoms with Crippen molar-refractivity contribution in [2.75, 3.05) is 25.0 Å². The van der Waals surface area contributed by atoms with Gasteiger partial charge in [0.25, 0.3) is 0 Å². The van der Waals surface area contributed by atoms with Crippen molar-refractivity contribution in [3.8, 4) is 0 Å². The lowest BCUT2D eigenvalue weighted by Crippen LogP contribution is -2.22. The highest BCUT2D eigenvalue weighted by Crippen LogP contribution is 2.16. The zero-order chi connectivity index (χ0) is 15.8. The molecule has 1 saturated heterocycles. The zero-order valence-electron chi connectivity index (χ0n) is 13.2. The van der Waals surface area contributed by atoms with E-state index in [9.17, 15) is 9.59 Å². The molecule has 120 valence electrons. The van der Waals surface area contributed by atoms with E-state index in [0.29, 0.717) is 19.4 Å². The fourth-order valence-corrected chi connectivity index (χ4v) is 2.68. The molecule has 0 spiro atoms. The molecule has 0 saturated carbocycles. The zero-order valence-corrected chi connectivity index (χ0v) is 13.2. The Balaban J connectivity index is 1.76. The highest BCUT2D eigenvalue weighted by atomic mass is 16.2. The predicted molar refractivity (Wildman–Crippen MR) is 87.5 cm³/mol. The van der Waals surface area contributed by atoms with Gasteiger partial charge in [-0.1, -0.05) is 12.1 Å². The normalized spacial score (nSPS) is 14.8. The van der Waals surface area contributed by atoms with Crippen molar-refractivity contribution >= 4 is 17.5 Å². The summed E-state index contributed by atoms with van der Waals surface area (Å²) in [4.78, 5) is 25.1. The molecule has 2 N–H and O–H groups in total. The maximum absolute atomic E-state index is 11.9. The molecule has 0 aromatic heterocycles. The maximum atomic E-state index is 11.9. The minimum absolute atomic E-state index is 0.0105. The molecule has 22 heavy (non-hydrogen) atoms. The van der Waals surface area contributed by atoms with Crippen molar-refractivity contribution in [1.82, 2.24) is 10.2 Å². The number of hydrogen-bond donors (Lipinski definition) is 2. The van der Waals surface area contributed by atoms with Crippen molar-refractivity contribution < 1.29 is 9.59 Å². The van der Waals surface area contributed by atoms with Crippen LogP contribution in [-0.2, 0) is 16.1 Å². The average Bonchev–Trinajstić information content (AvgIpc) is 2.97. The van der Waals surface area contributed by atoms with Gasteiger partial charge in [0.2, 0.25) is 11.8 Å². The van der Waals surface area contributed by atoms with Crippen molar-refractivity contribution in [3.05, 3.63) is 29.8 Å². The number of nitrogens with zero attached hydrogens (tertiary/aromatic N) is 1. The van der Waals surface area contributed by atoms with E-state index in [-0.39, 0.29) is 11.8 Å². The van der Waals surface area contributed by atoms with Crippen LogP contribution in [0.2, 0.25) is 0 Å². The molecule has 1 aromatic carbocycles. The third-order valence-electron chi connectivity index (χ3n) is 3.77. The highest BCUT2D eigenvalue weighted by Gasteiger charge is 2.12. The molecule has 0 aliphatic carbocycles. The number of amides is 2. The Kier molecular flexibility index (Phi) is 6.40. The lowest BCUT2D eigenvalue weighted by Gasteiger charge is -2.15. The van der Waals surface area contributed by atoms with Crippen molar-refractivity contribution in [2.24, 2.45) is 0 Å². The molecule has 1 aliphatic rings. The van der Waals surface area contributed by atoms with Gasteiger partial charge in [0.05, 0.1) is 0 Å². The summed E-state index contributed by atoms with van der Waals surface area (Å²) in [5.74, 6) is -0.0707. The quantitative estimate of drug-likeness (QED) is 0.759. The van der Waals surface area contributed by atoms with Crippen LogP contribution in [0, 0.1) is 0 Å². The second-order valence-electron chi connectivity index (χ2n) is 5.82. The smallest absolute Gasteiger partial charge is 0.224 e. The van der Waals surface area contributed by atoms with Crippen LogP contribution in [0.15, 0.2) is 24.3 Å². The number of hydrogen-bond acceptors (Lipinski definition) is 3. The molecule has 1 heterocycles. The number of anilines is 1. The molecule has 1 aromatic rings. The summed E-state index contributed by atoms with van der Waals surface area (Å²) in [6.07, 6.45) is 3.63. The lowest BCUT2D eigenvalue weighted by atomic mass is 10.2. The molecule has 2 rings (SSSR count). The molecule has 2 amide bonds. The summed E-state index contributed by atoms with van der Waals surface area (Å²) in [5.41, 5.74) is 2.08. The molecule has 0 atom stereocenters. The van der Waals surface area contributed by atoms with Crippen LogP contribution in [0.5, 0.6) is 0 Å². The van der Waals surface area contributed by atoms with Crippen molar-refractivity contribution in [2.45, 2.75) is 39.2 Å². The van der Waals surface area contributed by atoms with Crippen LogP contribution >= 0.6 is 0 Å². The number of benzene rings is 1. The van der Waals surface area contributed by atoms with Gasteiger partial charge in [0.1, 0.15) is 0 Å². The third kappa shape index (κ3) is 5.85. The molecule has 5 nitrogen and oxygen atoms in total. The predicted octanol–water partition coefficient (Wildman–Crippen LogP) is 2.14. The summed E-state index contributed by atoms with van der Waals surface area (Å²) in [6.45, 7) is 5.30. The molecular weight excluding hydrogens is 278 g/mol. The number of carbonyl (C=O) groups excluding carboxylic acids is 2. The topological polar surface area (TPSA) is 61.4 Å². The monoisotopic (exact) mass is 303 g/mol. The van der Waals surface area contributed by atoms with Crippen molar-refractivity contribution in [3.63, 3.8) is 0 Å². The average molecular weight is 303 g/mol. The van der Waals surface area contributed by atoms with E-state index in [4.69, 9.17) is 0 Å². The largest absolute Gasteiger partial charge is 0.356 e. The van der Waals surface area contributed by atoms with Crippen LogP contribution < -0.4 is 10.6 Å². The van der Waals surface area contributed by atoms with Gasteiger partial charge in [-0.3, -0.25) is 14.5 Å². The van der Waals surface area contributed by atoms with Crippen molar-refractivity contribution in [1.29, 1.82) is 0 Å². The SMILES string of the molecule is CC(=O)NCCCC(=O)Nc1cccc(CN2CCCC2)c1. The summed E-state index contributed by atoms with van der Waals surface area (Å²) in [7, 11) is 0. The Morgan fingerprint density at radius 3 is 2.73 bits per heavy atom. The van der Waals surface area contributed by atoms with Gasteiger partial charge < -0.3 is 10.6 Å². The Morgan fingerprint density at radius 2 is 2.00 bits per heavy atom. The van der Waals surface area contributed by atoms with Gasteiger partial charge in [0, 0.05) is 32.1 Å². The second-order valence-corrected chi connectivity index (χ2v) is 5.82. The van der Waals surface area contributed by atoms with E-state index >= 15 is 0 Å². The Labute approximate surface area is 132 Å². The third-order valence-corrected chi connectivity index (χ3v) is 3.77. The Hall–Kier alpha value is -1.88. The fraction of sp³-hybridized carbons (Fsp3) is 0.529. The van der Waals surface area contributed by atoms with E-state index in [1.807, 2.05) is 18.2 Å². The highest BCUT2D eigenvalue weighted by molar-refractivity contribution is 5.90. The Morgan fingerprint density at radius 1 is 1.23 bits per heavy atom. The first-order chi connectivity index (χ1) is 10.6. The number of carbonyl (C=O) groups is 2. The van der Waals surface area contributed by atoms with Gasteiger partial charge in [-0.25, -0.2) is 0 Å². The molecule has 0 unspecified atom stereocenters. The Bertz CT molecular complexity index is 510. The molecule has 5 heteroatoms. The first-order valence-electron chi connectivity index (χ1n) is 7.99. The first kappa shape index (κ1) is 16.5. The minimum Gasteiger partial charge on any atom is -0.356 e. The fourth-order valence-electron chi connectivity index (χ4n) is 2.68. The van der Waals surface area contributed by atoms with Crippen LogP contribution in [0.3, 0.4) is 0 Å². The molecular formula is C17H25N3O2.